The summed E-state index contributed by atoms with van der Waals surface area (Å²) in [6.07, 6.45) is 1.64. The third-order valence-electron chi connectivity index (χ3n) is 3.49. The minimum absolute atomic E-state index is 0.108. The maximum Gasteiger partial charge on any atom is 0.293 e. The predicted molar refractivity (Wildman–Crippen MR) is 91.1 cm³/mol. The molecule has 0 bridgehead atoms. The molecule has 0 unspecified atom stereocenters. The molecule has 2 aromatic carbocycles. The summed E-state index contributed by atoms with van der Waals surface area (Å²) >= 11 is 0.839. The fourth-order valence-electron chi connectivity index (χ4n) is 2.33. The molecular weight excluding hydrogens is 328 g/mol. The molecule has 7 heteroatoms. The van der Waals surface area contributed by atoms with Crippen LogP contribution in [0.3, 0.4) is 0 Å². The van der Waals surface area contributed by atoms with Gasteiger partial charge in [-0.3, -0.25) is 24.6 Å². The Hall–Kier alpha value is -2.93. The van der Waals surface area contributed by atoms with Gasteiger partial charge in [0.15, 0.2) is 0 Å². The number of carbonyl (C=O) groups excluding carboxylic acids is 2. The van der Waals surface area contributed by atoms with Crippen LogP contribution in [0, 0.1) is 10.1 Å². The number of benzene rings is 2. The van der Waals surface area contributed by atoms with Gasteiger partial charge in [0.25, 0.3) is 16.8 Å². The number of carbonyl (C=O) groups is 2. The second-order valence-electron chi connectivity index (χ2n) is 5.06. The second-order valence-corrected chi connectivity index (χ2v) is 6.06. The summed E-state index contributed by atoms with van der Waals surface area (Å²) in [4.78, 5) is 36.5. The molecule has 0 atom stereocenters. The molecule has 0 radical (unpaired) electrons. The lowest BCUT2D eigenvalue weighted by Gasteiger charge is -2.12. The van der Waals surface area contributed by atoms with Crippen LogP contribution in [0.5, 0.6) is 0 Å². The van der Waals surface area contributed by atoms with Gasteiger partial charge < -0.3 is 0 Å². The van der Waals surface area contributed by atoms with E-state index in [9.17, 15) is 19.7 Å². The van der Waals surface area contributed by atoms with Gasteiger partial charge in [0.2, 0.25) is 0 Å². The summed E-state index contributed by atoms with van der Waals surface area (Å²) in [7, 11) is 0. The normalized spacial score (nSPS) is 16.0. The van der Waals surface area contributed by atoms with E-state index in [1.165, 1.54) is 6.07 Å². The van der Waals surface area contributed by atoms with Crippen LogP contribution in [0.25, 0.3) is 6.08 Å². The Morgan fingerprint density at radius 3 is 2.42 bits per heavy atom. The Balaban J connectivity index is 1.86. The van der Waals surface area contributed by atoms with Gasteiger partial charge in [-0.25, -0.2) is 0 Å². The lowest BCUT2D eigenvalue weighted by atomic mass is 10.1. The summed E-state index contributed by atoms with van der Waals surface area (Å²) in [5.41, 5.74) is 1.03. The van der Waals surface area contributed by atoms with Crippen LogP contribution in [0.15, 0.2) is 59.5 Å². The summed E-state index contributed by atoms with van der Waals surface area (Å²) in [5, 5.41) is 10.6. The Labute approximate surface area is 141 Å². The average molecular weight is 340 g/mol. The Morgan fingerprint density at radius 1 is 1.04 bits per heavy atom. The lowest BCUT2D eigenvalue weighted by Crippen LogP contribution is -2.27. The molecule has 0 aliphatic carbocycles. The first-order chi connectivity index (χ1) is 11.6. The molecule has 24 heavy (non-hydrogen) atoms. The van der Waals surface area contributed by atoms with Crippen LogP contribution in [0.2, 0.25) is 0 Å². The summed E-state index contributed by atoms with van der Waals surface area (Å²) in [6.45, 7) is -0.117. The highest BCUT2D eigenvalue weighted by Crippen LogP contribution is 2.34. The lowest BCUT2D eigenvalue weighted by molar-refractivity contribution is -0.385. The van der Waals surface area contributed by atoms with Gasteiger partial charge in [-0.2, -0.15) is 0 Å². The molecule has 0 saturated carbocycles. The number of rotatable bonds is 4. The molecule has 6 nitrogen and oxygen atoms in total. The van der Waals surface area contributed by atoms with Crippen LogP contribution in [-0.2, 0) is 11.3 Å². The fraction of sp³-hybridized carbons (Fsp3) is 0.0588. The smallest absolute Gasteiger partial charge is 0.268 e. The van der Waals surface area contributed by atoms with E-state index in [1.807, 2.05) is 30.3 Å². The molecule has 2 amide bonds. The molecule has 3 rings (SSSR count). The molecule has 2 aromatic rings. The van der Waals surface area contributed by atoms with Crippen molar-refractivity contribution in [3.8, 4) is 0 Å². The zero-order chi connectivity index (χ0) is 17.1. The van der Waals surface area contributed by atoms with Gasteiger partial charge in [-0.1, -0.05) is 48.5 Å². The van der Waals surface area contributed by atoms with Crippen molar-refractivity contribution in [2.75, 3.05) is 0 Å². The average Bonchev–Trinajstić information content (AvgIpc) is 2.84. The molecule has 1 fully saturated rings. The van der Waals surface area contributed by atoms with Crippen LogP contribution >= 0.6 is 11.8 Å². The Bertz CT molecular complexity index is 849. The molecular formula is C17H12N2O4S. The number of amides is 2. The van der Waals surface area contributed by atoms with Gasteiger partial charge in [0.1, 0.15) is 0 Å². The number of imide groups is 1. The number of hydrogen-bond donors (Lipinski definition) is 0. The van der Waals surface area contributed by atoms with E-state index in [1.54, 1.807) is 24.3 Å². The molecule has 0 spiro atoms. The van der Waals surface area contributed by atoms with E-state index in [4.69, 9.17) is 0 Å². The fourth-order valence-corrected chi connectivity index (χ4v) is 3.17. The third-order valence-corrected chi connectivity index (χ3v) is 4.40. The van der Waals surface area contributed by atoms with Crippen LogP contribution in [0.4, 0.5) is 10.5 Å². The van der Waals surface area contributed by atoms with Crippen molar-refractivity contribution in [3.63, 3.8) is 0 Å². The molecule has 0 aromatic heterocycles. The van der Waals surface area contributed by atoms with Crippen molar-refractivity contribution in [1.82, 2.24) is 4.90 Å². The minimum Gasteiger partial charge on any atom is -0.268 e. The van der Waals surface area contributed by atoms with E-state index in [0.717, 1.165) is 22.2 Å². The summed E-state index contributed by atoms with van der Waals surface area (Å²) in [6, 6.07) is 15.3. The first-order valence-electron chi connectivity index (χ1n) is 7.09. The first kappa shape index (κ1) is 15.9. The van der Waals surface area contributed by atoms with Crippen molar-refractivity contribution in [3.05, 3.63) is 80.7 Å². The summed E-state index contributed by atoms with van der Waals surface area (Å²) < 4.78 is 0. The van der Waals surface area contributed by atoms with E-state index in [-0.39, 0.29) is 12.2 Å². The van der Waals surface area contributed by atoms with E-state index in [0.29, 0.717) is 10.5 Å². The first-order valence-corrected chi connectivity index (χ1v) is 7.90. The van der Waals surface area contributed by atoms with E-state index in [2.05, 4.69) is 0 Å². The van der Waals surface area contributed by atoms with Gasteiger partial charge in [-0.05, 0) is 23.4 Å². The van der Waals surface area contributed by atoms with Gasteiger partial charge in [-0.15, -0.1) is 0 Å². The zero-order valence-corrected chi connectivity index (χ0v) is 13.2. The molecule has 1 saturated heterocycles. The van der Waals surface area contributed by atoms with Crippen molar-refractivity contribution >= 4 is 34.7 Å². The third kappa shape index (κ3) is 3.21. The highest BCUT2D eigenvalue weighted by Gasteiger charge is 2.36. The van der Waals surface area contributed by atoms with Crippen LogP contribution < -0.4 is 0 Å². The number of nitro groups is 1. The van der Waals surface area contributed by atoms with Gasteiger partial charge >= 0.3 is 0 Å². The number of thioether (sulfide) groups is 1. The largest absolute Gasteiger partial charge is 0.293 e. The topological polar surface area (TPSA) is 80.5 Å². The highest BCUT2D eigenvalue weighted by molar-refractivity contribution is 8.18. The minimum atomic E-state index is -0.520. The number of hydrogen-bond acceptors (Lipinski definition) is 5. The van der Waals surface area contributed by atoms with Crippen molar-refractivity contribution in [2.45, 2.75) is 6.54 Å². The highest BCUT2D eigenvalue weighted by atomic mass is 32.2. The SMILES string of the molecule is O=C1S/C(=C/c2ccccc2)C(=O)N1Cc1ccccc1[N+](=O)[O-]. The maximum atomic E-state index is 12.5. The van der Waals surface area contributed by atoms with Crippen molar-refractivity contribution in [1.29, 1.82) is 0 Å². The second kappa shape index (κ2) is 6.67. The van der Waals surface area contributed by atoms with Gasteiger partial charge in [0, 0.05) is 11.6 Å². The van der Waals surface area contributed by atoms with E-state index < -0.39 is 16.1 Å². The Morgan fingerprint density at radius 2 is 1.71 bits per heavy atom. The molecule has 120 valence electrons. The number of para-hydroxylation sites is 1. The number of nitro benzene ring substituents is 1. The molecule has 1 aliphatic rings. The van der Waals surface area contributed by atoms with Crippen LogP contribution in [0.1, 0.15) is 11.1 Å². The standard InChI is InChI=1S/C17H12N2O4S/c20-16-15(10-12-6-2-1-3-7-12)24-17(21)18(16)11-13-8-4-5-9-14(13)19(22)23/h1-10H,11H2/b15-10+. The van der Waals surface area contributed by atoms with E-state index >= 15 is 0 Å². The zero-order valence-electron chi connectivity index (χ0n) is 12.4. The van der Waals surface area contributed by atoms with Crippen LogP contribution in [-0.4, -0.2) is 21.0 Å². The quantitative estimate of drug-likeness (QED) is 0.480. The molecule has 1 aliphatic heterocycles. The number of nitrogens with zero attached hydrogens (tertiary/aromatic N) is 2. The predicted octanol–water partition coefficient (Wildman–Crippen LogP) is 3.83. The molecule has 0 N–H and O–H groups in total. The van der Waals surface area contributed by atoms with Gasteiger partial charge in [0.05, 0.1) is 16.4 Å². The van der Waals surface area contributed by atoms with Crippen molar-refractivity contribution < 1.29 is 14.5 Å². The monoisotopic (exact) mass is 340 g/mol. The Kier molecular flexibility index (Phi) is 4.43. The maximum absolute atomic E-state index is 12.5. The van der Waals surface area contributed by atoms with Crippen molar-refractivity contribution in [2.24, 2.45) is 0 Å². The summed E-state index contributed by atoms with van der Waals surface area (Å²) in [5.74, 6) is -0.438. The molecule has 1 heterocycles.